The molecule has 8 heteroatoms. The molecule has 2 N–H and O–H groups in total. The number of para-hydroxylation sites is 2. The molecule has 2 aliphatic carbocycles. The van der Waals surface area contributed by atoms with Gasteiger partial charge in [0, 0.05) is 30.0 Å². The minimum atomic E-state index is -4.40. The molecule has 2 aliphatic heterocycles. The topological polar surface area (TPSA) is 95.7 Å². The molecule has 0 spiro atoms. The van der Waals surface area contributed by atoms with Gasteiger partial charge >= 0.3 is 7.60 Å². The molecule has 7 nitrogen and oxygen atoms in total. The minimum absolute atomic E-state index is 0.0497. The van der Waals surface area contributed by atoms with Crippen LogP contribution in [0.2, 0.25) is 0 Å². The lowest BCUT2D eigenvalue weighted by molar-refractivity contribution is -0.0795. The maximum absolute atomic E-state index is 13.8. The van der Waals surface area contributed by atoms with Gasteiger partial charge in [-0.2, -0.15) is 0 Å². The second-order valence-corrected chi connectivity index (χ2v) is 14.4. The van der Waals surface area contributed by atoms with E-state index in [0.717, 1.165) is 47.8 Å². The SMILES string of the molecule is C[C@@H]1[C@@H]2C[C@@H](C[C@@H](N3[C@@H]4CC[C@H](C)[C@H]3C[C@@H](n3c(=O)c(/C=C/P(=O)(O)O)nc5ccccc53)C4)C2)C[C@@H]1C. The summed E-state index contributed by atoms with van der Waals surface area (Å²) in [5, 5.41) is 0. The fourth-order valence-electron chi connectivity index (χ4n) is 8.76. The minimum Gasteiger partial charge on any atom is -0.321 e. The van der Waals surface area contributed by atoms with E-state index in [2.05, 4.69) is 30.7 Å². The van der Waals surface area contributed by atoms with Crippen LogP contribution in [-0.2, 0) is 4.57 Å². The molecule has 1 aromatic heterocycles. The molecule has 206 valence electrons. The van der Waals surface area contributed by atoms with Crippen molar-refractivity contribution in [2.75, 3.05) is 0 Å². The van der Waals surface area contributed by atoms with Crippen LogP contribution in [0.15, 0.2) is 34.9 Å². The predicted octanol–water partition coefficient (Wildman–Crippen LogP) is 5.81. The largest absolute Gasteiger partial charge is 0.349 e. The number of piperidine rings is 2. The number of aromatic nitrogens is 2. The molecular weight excluding hydrogens is 497 g/mol. The van der Waals surface area contributed by atoms with E-state index in [0.29, 0.717) is 29.6 Å². The average Bonchev–Trinajstić information content (AvgIpc) is 2.87. The number of fused-ring (bicyclic) bond motifs is 5. The van der Waals surface area contributed by atoms with Gasteiger partial charge in [0.1, 0.15) is 5.69 Å². The molecule has 1 aromatic carbocycles. The number of rotatable bonds is 4. The summed E-state index contributed by atoms with van der Waals surface area (Å²) in [5.74, 6) is 4.72. The Hall–Kier alpha value is -1.79. The molecule has 6 rings (SSSR count). The third-order valence-electron chi connectivity index (χ3n) is 10.7. The Morgan fingerprint density at radius 2 is 1.71 bits per heavy atom. The van der Waals surface area contributed by atoms with E-state index in [-0.39, 0.29) is 17.3 Å². The summed E-state index contributed by atoms with van der Waals surface area (Å²) in [5.41, 5.74) is 1.33. The second kappa shape index (κ2) is 9.99. The number of nitrogens with zero attached hydrogens (tertiary/aromatic N) is 3. The third-order valence-corrected chi connectivity index (χ3v) is 11.2. The van der Waals surface area contributed by atoms with Crippen LogP contribution in [0.5, 0.6) is 0 Å². The molecule has 0 radical (unpaired) electrons. The third kappa shape index (κ3) is 4.85. The Kier molecular flexibility index (Phi) is 6.95. The Morgan fingerprint density at radius 3 is 2.50 bits per heavy atom. The van der Waals surface area contributed by atoms with Crippen LogP contribution in [0.3, 0.4) is 0 Å². The standard InChI is InChI=1S/C30H42N3O4P/c1-18-8-9-23-16-25(17-29(18)32(23)24-14-21-12-19(2)20(3)22(13-21)15-24)33-28-7-5-4-6-26(28)31-27(30(33)34)10-11-38(35,36)37/h4-7,10-11,18-25,29H,8-9,12-17H2,1-3H3,(H2,35,36,37)/b11-10+/t18-,19-,20-,21-,22+,23+,24+,25-,29+/m0/s1. The molecule has 2 aromatic rings. The van der Waals surface area contributed by atoms with Crippen molar-refractivity contribution in [3.63, 3.8) is 0 Å². The summed E-state index contributed by atoms with van der Waals surface area (Å²) in [6.07, 6.45) is 10.9. The molecule has 0 amide bonds. The van der Waals surface area contributed by atoms with Crippen LogP contribution < -0.4 is 5.56 Å². The van der Waals surface area contributed by atoms with Crippen molar-refractivity contribution in [2.24, 2.45) is 29.6 Å². The van der Waals surface area contributed by atoms with Crippen molar-refractivity contribution < 1.29 is 14.4 Å². The first kappa shape index (κ1) is 26.4. The van der Waals surface area contributed by atoms with Crippen LogP contribution in [0, 0.1) is 29.6 Å². The molecule has 4 aliphatic rings. The van der Waals surface area contributed by atoms with Gasteiger partial charge in [0.2, 0.25) is 0 Å². The zero-order valence-electron chi connectivity index (χ0n) is 22.8. The van der Waals surface area contributed by atoms with E-state index in [1.807, 2.05) is 28.8 Å². The van der Waals surface area contributed by atoms with Gasteiger partial charge in [-0.05, 0) is 99.2 Å². The molecule has 4 bridgehead atoms. The lowest BCUT2D eigenvalue weighted by atomic mass is 9.61. The van der Waals surface area contributed by atoms with Gasteiger partial charge in [-0.15, -0.1) is 0 Å². The van der Waals surface area contributed by atoms with E-state index >= 15 is 0 Å². The first-order valence-corrected chi connectivity index (χ1v) is 16.3. The molecule has 4 fully saturated rings. The monoisotopic (exact) mass is 539 g/mol. The first-order chi connectivity index (χ1) is 18.1. The Balaban J connectivity index is 1.35. The highest BCUT2D eigenvalue weighted by Crippen LogP contribution is 2.51. The van der Waals surface area contributed by atoms with Crippen molar-refractivity contribution in [1.29, 1.82) is 0 Å². The number of hydrogen-bond donors (Lipinski definition) is 2. The molecule has 38 heavy (non-hydrogen) atoms. The van der Waals surface area contributed by atoms with Gasteiger partial charge in [0.15, 0.2) is 0 Å². The number of hydrogen-bond acceptors (Lipinski definition) is 4. The zero-order chi connectivity index (χ0) is 26.8. The average molecular weight is 540 g/mol. The quantitative estimate of drug-likeness (QED) is 0.476. The van der Waals surface area contributed by atoms with Crippen molar-refractivity contribution in [3.8, 4) is 0 Å². The lowest BCUT2D eigenvalue weighted by Crippen LogP contribution is -2.61. The van der Waals surface area contributed by atoms with Crippen LogP contribution in [0.25, 0.3) is 17.1 Å². The maximum Gasteiger partial charge on any atom is 0.349 e. The van der Waals surface area contributed by atoms with Crippen molar-refractivity contribution in [3.05, 3.63) is 46.1 Å². The summed E-state index contributed by atoms with van der Waals surface area (Å²) >= 11 is 0. The molecule has 2 saturated heterocycles. The predicted molar refractivity (Wildman–Crippen MR) is 151 cm³/mol. The van der Waals surface area contributed by atoms with Gasteiger partial charge in [0.05, 0.1) is 11.0 Å². The van der Waals surface area contributed by atoms with Gasteiger partial charge in [-0.3, -0.25) is 14.3 Å². The van der Waals surface area contributed by atoms with E-state index in [4.69, 9.17) is 0 Å². The van der Waals surface area contributed by atoms with Gasteiger partial charge < -0.3 is 14.4 Å². The molecule has 3 heterocycles. The molecule has 2 saturated carbocycles. The smallest absolute Gasteiger partial charge is 0.321 e. The van der Waals surface area contributed by atoms with Gasteiger partial charge in [-0.1, -0.05) is 32.9 Å². The molecular formula is C30H42N3O4P. The van der Waals surface area contributed by atoms with Crippen molar-refractivity contribution >= 4 is 24.7 Å². The summed E-state index contributed by atoms with van der Waals surface area (Å²) < 4.78 is 13.4. The van der Waals surface area contributed by atoms with Crippen LogP contribution in [-0.4, -0.2) is 42.4 Å². The van der Waals surface area contributed by atoms with E-state index in [1.54, 1.807) is 0 Å². The van der Waals surface area contributed by atoms with Crippen molar-refractivity contribution in [1.82, 2.24) is 14.5 Å². The Bertz CT molecular complexity index is 1330. The molecule has 0 unspecified atom stereocenters. The Morgan fingerprint density at radius 1 is 0.921 bits per heavy atom. The van der Waals surface area contributed by atoms with Crippen molar-refractivity contribution in [2.45, 2.75) is 96.3 Å². The fourth-order valence-corrected chi connectivity index (χ4v) is 9.09. The highest BCUT2D eigenvalue weighted by molar-refractivity contribution is 7.55. The van der Waals surface area contributed by atoms with Crippen LogP contribution >= 0.6 is 7.60 Å². The molecule has 9 atom stereocenters. The summed E-state index contributed by atoms with van der Waals surface area (Å²) in [6.45, 7) is 7.32. The van der Waals surface area contributed by atoms with Gasteiger partial charge in [-0.25, -0.2) is 4.98 Å². The first-order valence-electron chi connectivity index (χ1n) is 14.6. The van der Waals surface area contributed by atoms with Crippen LogP contribution in [0.1, 0.15) is 83.9 Å². The maximum atomic E-state index is 13.8. The Labute approximate surface area is 225 Å². The van der Waals surface area contributed by atoms with Gasteiger partial charge in [0.25, 0.3) is 5.56 Å². The van der Waals surface area contributed by atoms with Crippen LogP contribution in [0.4, 0.5) is 0 Å². The number of benzene rings is 1. The summed E-state index contributed by atoms with van der Waals surface area (Å²) in [7, 11) is -4.40. The summed E-state index contributed by atoms with van der Waals surface area (Å²) in [6, 6.07) is 9.29. The highest BCUT2D eigenvalue weighted by Gasteiger charge is 2.49. The van der Waals surface area contributed by atoms with E-state index in [9.17, 15) is 19.1 Å². The lowest BCUT2D eigenvalue weighted by Gasteiger charge is -2.58. The summed E-state index contributed by atoms with van der Waals surface area (Å²) in [4.78, 5) is 39.9. The normalized spacial score (nSPS) is 38.1. The fraction of sp³-hybridized carbons (Fsp3) is 0.667. The highest BCUT2D eigenvalue weighted by atomic mass is 31.2. The second-order valence-electron chi connectivity index (χ2n) is 13.0. The van der Waals surface area contributed by atoms with E-state index in [1.165, 1.54) is 44.6 Å². The van der Waals surface area contributed by atoms with E-state index < -0.39 is 7.60 Å². The zero-order valence-corrected chi connectivity index (χ0v) is 23.7.